The molecule has 6 heteroatoms. The molecule has 1 aliphatic rings. The van der Waals surface area contributed by atoms with E-state index in [1.54, 1.807) is 29.2 Å². The van der Waals surface area contributed by atoms with E-state index in [-0.39, 0.29) is 11.8 Å². The number of nitrogens with zero attached hydrogens (tertiary/aromatic N) is 1. The molecule has 0 bridgehead atoms. The summed E-state index contributed by atoms with van der Waals surface area (Å²) in [6, 6.07) is 18.1. The highest BCUT2D eigenvalue weighted by Gasteiger charge is 2.24. The van der Waals surface area contributed by atoms with Crippen molar-refractivity contribution < 1.29 is 9.59 Å². The lowest BCUT2D eigenvalue weighted by Crippen LogP contribution is -2.35. The van der Waals surface area contributed by atoms with Crippen LogP contribution in [0.15, 0.2) is 60.7 Å². The quantitative estimate of drug-likeness (QED) is 0.533. The van der Waals surface area contributed by atoms with Crippen molar-refractivity contribution in [2.45, 2.75) is 19.8 Å². The fourth-order valence-corrected chi connectivity index (χ4v) is 4.03. The van der Waals surface area contributed by atoms with Crippen molar-refractivity contribution in [3.8, 4) is 0 Å². The zero-order valence-corrected chi connectivity index (χ0v) is 17.9. The first kappa shape index (κ1) is 20.5. The first-order valence-electron chi connectivity index (χ1n) is 9.71. The van der Waals surface area contributed by atoms with Crippen LogP contribution in [-0.2, 0) is 6.42 Å². The molecule has 1 N–H and O–H groups in total. The molecule has 0 saturated carbocycles. The molecular weight excluding hydrogens is 419 g/mol. The average molecular weight is 439 g/mol. The fourth-order valence-electron chi connectivity index (χ4n) is 3.68. The van der Waals surface area contributed by atoms with E-state index in [9.17, 15) is 9.59 Å². The number of benzene rings is 3. The van der Waals surface area contributed by atoms with Crippen LogP contribution in [-0.4, -0.2) is 18.4 Å². The lowest BCUT2D eigenvalue weighted by Gasteiger charge is -2.30. The molecule has 152 valence electrons. The minimum Gasteiger partial charge on any atom is -0.321 e. The number of carbonyl (C=O) groups excluding carboxylic acids is 2. The molecule has 0 unspecified atom stereocenters. The van der Waals surface area contributed by atoms with Gasteiger partial charge in [-0.15, -0.1) is 0 Å². The van der Waals surface area contributed by atoms with Gasteiger partial charge in [0.1, 0.15) is 0 Å². The van der Waals surface area contributed by atoms with Crippen LogP contribution in [0.25, 0.3) is 0 Å². The van der Waals surface area contributed by atoms with Crippen LogP contribution in [0.3, 0.4) is 0 Å². The Labute approximate surface area is 185 Å². The lowest BCUT2D eigenvalue weighted by atomic mass is 9.98. The van der Waals surface area contributed by atoms with E-state index in [0.29, 0.717) is 33.4 Å². The summed E-state index contributed by atoms with van der Waals surface area (Å²) in [5.41, 5.74) is 4.51. The molecule has 1 aliphatic heterocycles. The van der Waals surface area contributed by atoms with Crippen LogP contribution in [0.4, 0.5) is 11.4 Å². The molecule has 1 heterocycles. The van der Waals surface area contributed by atoms with Crippen molar-refractivity contribution in [2.24, 2.45) is 0 Å². The molecule has 4 rings (SSSR count). The van der Waals surface area contributed by atoms with Crippen molar-refractivity contribution in [1.29, 1.82) is 0 Å². The summed E-state index contributed by atoms with van der Waals surface area (Å²) < 4.78 is 0. The van der Waals surface area contributed by atoms with Crippen molar-refractivity contribution >= 4 is 46.4 Å². The number of rotatable bonds is 3. The fraction of sp³-hybridized carbons (Fsp3) is 0.167. The monoisotopic (exact) mass is 438 g/mol. The van der Waals surface area contributed by atoms with Crippen LogP contribution >= 0.6 is 23.2 Å². The Bertz CT molecular complexity index is 1140. The maximum absolute atomic E-state index is 13.1. The molecular formula is C24H20Cl2N2O2. The van der Waals surface area contributed by atoms with Gasteiger partial charge in [0, 0.05) is 23.4 Å². The van der Waals surface area contributed by atoms with Gasteiger partial charge in [-0.25, -0.2) is 0 Å². The summed E-state index contributed by atoms with van der Waals surface area (Å²) in [5.74, 6) is -0.299. The second-order valence-electron chi connectivity index (χ2n) is 7.33. The van der Waals surface area contributed by atoms with Gasteiger partial charge in [0.25, 0.3) is 11.8 Å². The Balaban J connectivity index is 1.59. The smallest absolute Gasteiger partial charge is 0.258 e. The zero-order valence-electron chi connectivity index (χ0n) is 16.4. The zero-order chi connectivity index (χ0) is 21.3. The van der Waals surface area contributed by atoms with Gasteiger partial charge in [-0.1, -0.05) is 47.0 Å². The third kappa shape index (κ3) is 4.07. The summed E-state index contributed by atoms with van der Waals surface area (Å²) in [6.45, 7) is 2.63. The molecule has 0 spiro atoms. The summed E-state index contributed by atoms with van der Waals surface area (Å²) in [5, 5.41) is 3.49. The average Bonchev–Trinajstić information content (AvgIpc) is 2.75. The lowest BCUT2D eigenvalue weighted by molar-refractivity contribution is 0.0984. The van der Waals surface area contributed by atoms with Crippen molar-refractivity contribution in [2.75, 3.05) is 16.8 Å². The minimum atomic E-state index is -0.274. The van der Waals surface area contributed by atoms with Crippen LogP contribution in [0.1, 0.15) is 38.3 Å². The molecule has 0 aromatic heterocycles. The first-order chi connectivity index (χ1) is 14.4. The number of fused-ring (bicyclic) bond motifs is 1. The molecule has 0 fully saturated rings. The SMILES string of the molecule is Cc1cccc(C(=O)N2CCCc3cc(C(=O)Nc4cccc(Cl)c4Cl)ccc32)c1. The number of hydrogen-bond acceptors (Lipinski definition) is 2. The van der Waals surface area contributed by atoms with Gasteiger partial charge in [0.05, 0.1) is 15.7 Å². The molecule has 30 heavy (non-hydrogen) atoms. The van der Waals surface area contributed by atoms with E-state index in [4.69, 9.17) is 23.2 Å². The number of halogens is 2. The number of nitrogens with one attached hydrogen (secondary N) is 1. The number of hydrogen-bond donors (Lipinski definition) is 1. The first-order valence-corrected chi connectivity index (χ1v) is 10.5. The van der Waals surface area contributed by atoms with E-state index >= 15 is 0 Å². The number of amides is 2. The van der Waals surface area contributed by atoms with E-state index in [1.807, 2.05) is 43.3 Å². The highest BCUT2D eigenvalue weighted by Crippen LogP contribution is 2.32. The summed E-state index contributed by atoms with van der Waals surface area (Å²) in [6.07, 6.45) is 1.65. The largest absolute Gasteiger partial charge is 0.321 e. The minimum absolute atomic E-state index is 0.0254. The van der Waals surface area contributed by atoms with Gasteiger partial charge >= 0.3 is 0 Å². The maximum atomic E-state index is 13.1. The predicted octanol–water partition coefficient (Wildman–Crippen LogP) is 6.15. The Kier molecular flexibility index (Phi) is 5.80. The van der Waals surface area contributed by atoms with Gasteiger partial charge in [0.15, 0.2) is 0 Å². The Morgan fingerprint density at radius 3 is 2.57 bits per heavy atom. The van der Waals surface area contributed by atoms with Crippen LogP contribution in [0, 0.1) is 6.92 Å². The molecule has 2 amide bonds. The van der Waals surface area contributed by atoms with E-state index in [2.05, 4.69) is 5.32 Å². The normalized spacial score (nSPS) is 13.0. The summed E-state index contributed by atoms with van der Waals surface area (Å²) in [7, 11) is 0. The van der Waals surface area contributed by atoms with Crippen LogP contribution in [0.5, 0.6) is 0 Å². The molecule has 3 aromatic carbocycles. The number of aryl methyl sites for hydroxylation is 2. The highest BCUT2D eigenvalue weighted by atomic mass is 35.5. The summed E-state index contributed by atoms with van der Waals surface area (Å²) >= 11 is 12.2. The highest BCUT2D eigenvalue weighted by molar-refractivity contribution is 6.44. The van der Waals surface area contributed by atoms with E-state index in [1.165, 1.54) is 0 Å². The molecule has 0 radical (unpaired) electrons. The number of anilines is 2. The van der Waals surface area contributed by atoms with Gasteiger partial charge in [0.2, 0.25) is 0 Å². The Morgan fingerprint density at radius 1 is 0.967 bits per heavy atom. The van der Waals surface area contributed by atoms with Crippen LogP contribution < -0.4 is 10.2 Å². The maximum Gasteiger partial charge on any atom is 0.258 e. The molecule has 4 nitrogen and oxygen atoms in total. The van der Waals surface area contributed by atoms with Crippen molar-refractivity contribution in [3.05, 3.63) is 93.0 Å². The van der Waals surface area contributed by atoms with E-state index in [0.717, 1.165) is 29.7 Å². The van der Waals surface area contributed by atoms with Gasteiger partial charge in [-0.2, -0.15) is 0 Å². The van der Waals surface area contributed by atoms with Crippen molar-refractivity contribution in [3.63, 3.8) is 0 Å². The van der Waals surface area contributed by atoms with E-state index < -0.39 is 0 Å². The third-order valence-corrected chi connectivity index (χ3v) is 5.99. The molecule has 0 aliphatic carbocycles. The Morgan fingerprint density at radius 2 is 1.77 bits per heavy atom. The molecule has 0 saturated heterocycles. The molecule has 3 aromatic rings. The van der Waals surface area contributed by atoms with Gasteiger partial charge in [-0.3, -0.25) is 9.59 Å². The second-order valence-corrected chi connectivity index (χ2v) is 8.11. The number of carbonyl (C=O) groups is 2. The Hall–Kier alpha value is -2.82. The van der Waals surface area contributed by atoms with Crippen molar-refractivity contribution in [1.82, 2.24) is 0 Å². The predicted molar refractivity (Wildman–Crippen MR) is 122 cm³/mol. The summed E-state index contributed by atoms with van der Waals surface area (Å²) in [4.78, 5) is 27.6. The van der Waals surface area contributed by atoms with Crippen LogP contribution in [0.2, 0.25) is 10.0 Å². The second kappa shape index (κ2) is 8.50. The van der Waals surface area contributed by atoms with Gasteiger partial charge in [-0.05, 0) is 67.8 Å². The standard InChI is InChI=1S/C24H20Cl2N2O2/c1-15-5-2-6-18(13-15)24(30)28-12-4-7-16-14-17(10-11-21(16)28)23(29)27-20-9-3-8-19(25)22(20)26/h2-3,5-6,8-11,13-14H,4,7,12H2,1H3,(H,27,29). The molecule has 0 atom stereocenters. The van der Waals surface area contributed by atoms with Gasteiger partial charge < -0.3 is 10.2 Å². The topological polar surface area (TPSA) is 49.4 Å². The third-order valence-electron chi connectivity index (χ3n) is 5.17.